The first kappa shape index (κ1) is 30.7. The minimum absolute atomic E-state index is 0.0694. The van der Waals surface area contributed by atoms with Crippen LogP contribution >= 0.6 is 0 Å². The van der Waals surface area contributed by atoms with Gasteiger partial charge in [0.15, 0.2) is 5.84 Å². The molecule has 3 aliphatic rings. The molecule has 4 rings (SSSR count). The number of likely N-dealkylation sites (tertiary alicyclic amines) is 1. The van der Waals surface area contributed by atoms with Crippen LogP contribution in [-0.2, 0) is 0 Å². The SMILES string of the molecule is C=C(/N=C1\C(=C/C)N(C)C(=C)C(C)(CC)CN1C1CCCCC1)Nc1ccc(C(=O)NC2CCN(C)C2)cc1OC. The number of carbonyl (C=O) groups excluding carboxylic acids is 1. The molecule has 3 fully saturated rings. The van der Waals surface area contributed by atoms with Gasteiger partial charge in [-0.3, -0.25) is 4.79 Å². The summed E-state index contributed by atoms with van der Waals surface area (Å²) in [6.45, 7) is 18.2. The maximum absolute atomic E-state index is 12.9. The number of amidine groups is 1. The van der Waals surface area contributed by atoms with Gasteiger partial charge >= 0.3 is 0 Å². The number of hydrogen-bond acceptors (Lipinski definition) is 6. The van der Waals surface area contributed by atoms with Crippen molar-refractivity contribution >= 4 is 17.4 Å². The Balaban J connectivity index is 1.61. The summed E-state index contributed by atoms with van der Waals surface area (Å²) in [7, 11) is 5.78. The van der Waals surface area contributed by atoms with Gasteiger partial charge in [0.2, 0.25) is 0 Å². The van der Waals surface area contributed by atoms with Crippen molar-refractivity contribution in [2.45, 2.75) is 77.8 Å². The zero-order valence-electron chi connectivity index (χ0n) is 26.1. The number of likely N-dealkylation sites (N-methyl/N-ethyl adjacent to an activating group) is 2. The van der Waals surface area contributed by atoms with E-state index in [0.717, 1.165) is 55.4 Å². The molecule has 2 N–H and O–H groups in total. The molecule has 1 saturated carbocycles. The molecule has 2 atom stereocenters. The summed E-state index contributed by atoms with van der Waals surface area (Å²) < 4.78 is 5.68. The molecule has 41 heavy (non-hydrogen) atoms. The van der Waals surface area contributed by atoms with Crippen LogP contribution in [0.5, 0.6) is 5.75 Å². The largest absolute Gasteiger partial charge is 0.495 e. The molecule has 224 valence electrons. The monoisotopic (exact) mass is 562 g/mol. The highest BCUT2D eigenvalue weighted by molar-refractivity contribution is 5.99. The summed E-state index contributed by atoms with van der Waals surface area (Å²) in [6, 6.07) is 6.06. The third kappa shape index (κ3) is 6.80. The quantitative estimate of drug-likeness (QED) is 0.416. The second-order valence-corrected chi connectivity index (χ2v) is 12.2. The molecule has 8 nitrogen and oxygen atoms in total. The number of ether oxygens (including phenoxy) is 1. The molecular weight excluding hydrogens is 512 g/mol. The number of nitrogens with zero attached hydrogens (tertiary/aromatic N) is 4. The van der Waals surface area contributed by atoms with Gasteiger partial charge in [-0.15, -0.1) is 0 Å². The predicted octanol–water partition coefficient (Wildman–Crippen LogP) is 5.82. The first-order valence-electron chi connectivity index (χ1n) is 15.2. The molecule has 0 spiro atoms. The average molecular weight is 563 g/mol. The van der Waals surface area contributed by atoms with Gasteiger partial charge in [-0.25, -0.2) is 4.99 Å². The number of amides is 1. The molecule has 0 aromatic heterocycles. The van der Waals surface area contributed by atoms with Crippen LogP contribution < -0.4 is 15.4 Å². The predicted molar refractivity (Wildman–Crippen MR) is 169 cm³/mol. The maximum Gasteiger partial charge on any atom is 0.251 e. The average Bonchev–Trinajstić information content (AvgIpc) is 3.36. The van der Waals surface area contributed by atoms with Crippen LogP contribution in [0.1, 0.15) is 76.1 Å². The van der Waals surface area contributed by atoms with Crippen molar-refractivity contribution in [3.63, 3.8) is 0 Å². The molecule has 1 aliphatic carbocycles. The second-order valence-electron chi connectivity index (χ2n) is 12.2. The first-order valence-corrected chi connectivity index (χ1v) is 15.2. The van der Waals surface area contributed by atoms with E-state index in [1.54, 1.807) is 13.2 Å². The standard InChI is InChI=1S/C33H50N6O2/c1-9-29-31(39(27-14-12-11-13-15-27)22-33(5,10-2)23(3)38(29)7)35-24(4)34-28-17-16-25(20-30(28)41-8)32(40)36-26-18-19-37(6)21-26/h9,16-17,20,26-27,34H,3-4,10-15,18-19,21-22H2,1-2,5-8H3,(H,36,40)/b29-9+,35-31+. The van der Waals surface area contributed by atoms with Crippen LogP contribution in [0.25, 0.3) is 0 Å². The van der Waals surface area contributed by atoms with Gasteiger partial charge in [0.1, 0.15) is 11.6 Å². The Morgan fingerprint density at radius 2 is 1.95 bits per heavy atom. The van der Waals surface area contributed by atoms with E-state index in [9.17, 15) is 4.79 Å². The third-order valence-corrected chi connectivity index (χ3v) is 9.26. The van der Waals surface area contributed by atoms with E-state index >= 15 is 0 Å². The molecule has 0 radical (unpaired) electrons. The molecule has 8 heteroatoms. The van der Waals surface area contributed by atoms with Crippen molar-refractivity contribution in [3.8, 4) is 5.75 Å². The molecule has 1 aromatic rings. The van der Waals surface area contributed by atoms with E-state index in [-0.39, 0.29) is 17.4 Å². The summed E-state index contributed by atoms with van der Waals surface area (Å²) >= 11 is 0. The number of hydrogen-bond donors (Lipinski definition) is 2. The van der Waals surface area contributed by atoms with Crippen LogP contribution in [0.15, 0.2) is 59.6 Å². The summed E-state index contributed by atoms with van der Waals surface area (Å²) in [5, 5.41) is 6.51. The fourth-order valence-electron chi connectivity index (χ4n) is 6.41. The lowest BCUT2D eigenvalue weighted by Gasteiger charge is -2.40. The van der Waals surface area contributed by atoms with Gasteiger partial charge in [-0.1, -0.05) is 52.3 Å². The lowest BCUT2D eigenvalue weighted by Crippen LogP contribution is -2.46. The number of rotatable bonds is 8. The number of aliphatic imine (C=N–C) groups is 1. The van der Waals surface area contributed by atoms with Gasteiger partial charge in [0, 0.05) is 48.9 Å². The second kappa shape index (κ2) is 13.1. The molecule has 1 aromatic carbocycles. The molecule has 2 aliphatic heterocycles. The van der Waals surface area contributed by atoms with E-state index in [2.05, 4.69) is 79.4 Å². The molecule has 2 unspecified atom stereocenters. The van der Waals surface area contributed by atoms with Gasteiger partial charge in [-0.2, -0.15) is 0 Å². The number of benzene rings is 1. The number of anilines is 1. The maximum atomic E-state index is 12.9. The number of carbonyl (C=O) groups is 1. The lowest BCUT2D eigenvalue weighted by atomic mass is 9.82. The van der Waals surface area contributed by atoms with E-state index < -0.39 is 0 Å². The normalized spacial score (nSPS) is 26.4. The van der Waals surface area contributed by atoms with Crippen molar-refractivity contribution < 1.29 is 9.53 Å². The summed E-state index contributed by atoms with van der Waals surface area (Å²) in [4.78, 5) is 25.0. The molecule has 2 heterocycles. The third-order valence-electron chi connectivity index (χ3n) is 9.26. The van der Waals surface area contributed by atoms with Crippen molar-refractivity contribution in [1.29, 1.82) is 0 Å². The minimum atomic E-state index is -0.0873. The van der Waals surface area contributed by atoms with Crippen LogP contribution in [0.3, 0.4) is 0 Å². The summed E-state index contributed by atoms with van der Waals surface area (Å²) in [6.07, 6.45) is 10.2. The van der Waals surface area contributed by atoms with Gasteiger partial charge < -0.3 is 30.1 Å². The fraction of sp³-hybridized carbons (Fsp3) is 0.576. The zero-order valence-corrected chi connectivity index (χ0v) is 26.1. The zero-order chi connectivity index (χ0) is 29.7. The van der Waals surface area contributed by atoms with Crippen molar-refractivity contribution in [2.24, 2.45) is 10.4 Å². The number of methoxy groups -OCH3 is 1. The van der Waals surface area contributed by atoms with E-state index in [1.165, 1.54) is 32.1 Å². The van der Waals surface area contributed by atoms with Crippen LogP contribution in [-0.4, -0.2) is 79.4 Å². The van der Waals surface area contributed by atoms with Crippen molar-refractivity contribution in [2.75, 3.05) is 46.2 Å². The van der Waals surface area contributed by atoms with Crippen molar-refractivity contribution in [3.05, 3.63) is 60.2 Å². The molecular formula is C33H50N6O2. The minimum Gasteiger partial charge on any atom is -0.495 e. The highest BCUT2D eigenvalue weighted by atomic mass is 16.5. The Labute approximate surface area is 247 Å². The topological polar surface area (TPSA) is 72.4 Å². The highest BCUT2D eigenvalue weighted by Gasteiger charge is 2.40. The van der Waals surface area contributed by atoms with Crippen molar-refractivity contribution in [1.82, 2.24) is 20.0 Å². The van der Waals surface area contributed by atoms with E-state index in [4.69, 9.17) is 9.73 Å². The van der Waals surface area contributed by atoms with Crippen LogP contribution in [0.4, 0.5) is 5.69 Å². The Hall–Kier alpha value is -3.26. The van der Waals surface area contributed by atoms with Gasteiger partial charge in [0.25, 0.3) is 5.91 Å². The Morgan fingerprint density at radius 3 is 2.56 bits per heavy atom. The van der Waals surface area contributed by atoms with E-state index in [0.29, 0.717) is 23.2 Å². The van der Waals surface area contributed by atoms with E-state index in [1.807, 2.05) is 12.1 Å². The molecule has 0 bridgehead atoms. The van der Waals surface area contributed by atoms with Crippen LogP contribution in [0.2, 0.25) is 0 Å². The van der Waals surface area contributed by atoms with Gasteiger partial charge in [-0.05, 0) is 64.4 Å². The summed E-state index contributed by atoms with van der Waals surface area (Å²) in [5.41, 5.74) is 3.37. The Kier molecular flexibility index (Phi) is 9.84. The first-order chi connectivity index (χ1) is 19.6. The molecule has 1 amide bonds. The molecule has 2 saturated heterocycles. The van der Waals surface area contributed by atoms with Gasteiger partial charge in [0.05, 0.1) is 18.5 Å². The number of allylic oxidation sites excluding steroid dienone is 1. The smallest absolute Gasteiger partial charge is 0.251 e. The fourth-order valence-corrected chi connectivity index (χ4v) is 6.41. The van der Waals surface area contributed by atoms with Crippen LogP contribution in [0, 0.1) is 5.41 Å². The number of nitrogens with one attached hydrogen (secondary N) is 2. The lowest BCUT2D eigenvalue weighted by molar-refractivity contribution is 0.0938. The Morgan fingerprint density at radius 1 is 1.22 bits per heavy atom. The highest BCUT2D eigenvalue weighted by Crippen LogP contribution is 2.40. The summed E-state index contributed by atoms with van der Waals surface area (Å²) in [5.74, 6) is 1.93. The Bertz CT molecular complexity index is 1200.